The zero-order valence-electron chi connectivity index (χ0n) is 11.6. The fraction of sp³-hybridized carbons (Fsp3) is 0.600. The Kier molecular flexibility index (Phi) is 3.69. The summed E-state index contributed by atoms with van der Waals surface area (Å²) in [7, 11) is 0. The van der Waals surface area contributed by atoms with Crippen molar-refractivity contribution in [2.24, 2.45) is 5.41 Å². The maximum absolute atomic E-state index is 11.4. The number of piperidine rings is 1. The first-order valence-electron chi connectivity index (χ1n) is 6.76. The van der Waals surface area contributed by atoms with Crippen molar-refractivity contribution in [1.82, 2.24) is 4.98 Å². The van der Waals surface area contributed by atoms with E-state index in [1.165, 1.54) is 19.3 Å². The number of nitrogens with zero attached hydrogens (tertiary/aromatic N) is 2. The standard InChI is InChI=1S/C15H22N2O/c1-4-15(3)6-9-17(10-7-15)14-11-13(12(2)18)5-8-16-14/h5,8,11H,4,6-7,9-10H2,1-3H3. The van der Waals surface area contributed by atoms with Crippen LogP contribution in [0.15, 0.2) is 18.3 Å². The molecule has 2 rings (SSSR count). The SMILES string of the molecule is CCC1(C)CCN(c2cc(C(C)=O)ccn2)CC1. The molecule has 2 heterocycles. The summed E-state index contributed by atoms with van der Waals surface area (Å²) >= 11 is 0. The summed E-state index contributed by atoms with van der Waals surface area (Å²) in [6.45, 7) is 8.31. The first kappa shape index (κ1) is 13.1. The van der Waals surface area contributed by atoms with Crippen LogP contribution in [0.1, 0.15) is 50.4 Å². The smallest absolute Gasteiger partial charge is 0.159 e. The highest BCUT2D eigenvalue weighted by atomic mass is 16.1. The molecule has 18 heavy (non-hydrogen) atoms. The van der Waals surface area contributed by atoms with Crippen LogP contribution in [0.25, 0.3) is 0 Å². The van der Waals surface area contributed by atoms with Gasteiger partial charge in [0.2, 0.25) is 0 Å². The van der Waals surface area contributed by atoms with E-state index in [9.17, 15) is 4.79 Å². The number of carbonyl (C=O) groups excluding carboxylic acids is 1. The number of ketones is 1. The van der Waals surface area contributed by atoms with Crippen molar-refractivity contribution in [2.75, 3.05) is 18.0 Å². The highest BCUT2D eigenvalue weighted by molar-refractivity contribution is 5.94. The molecule has 1 aliphatic rings. The highest BCUT2D eigenvalue weighted by Gasteiger charge is 2.28. The maximum Gasteiger partial charge on any atom is 0.159 e. The van der Waals surface area contributed by atoms with Gasteiger partial charge in [-0.05, 0) is 37.3 Å². The molecule has 0 amide bonds. The predicted molar refractivity (Wildman–Crippen MR) is 74.1 cm³/mol. The normalized spacial score (nSPS) is 18.7. The quantitative estimate of drug-likeness (QED) is 0.767. The van der Waals surface area contributed by atoms with Crippen LogP contribution in [-0.2, 0) is 0 Å². The molecule has 3 heteroatoms. The van der Waals surface area contributed by atoms with Crippen molar-refractivity contribution in [3.05, 3.63) is 23.9 Å². The Morgan fingerprint density at radius 3 is 2.67 bits per heavy atom. The van der Waals surface area contributed by atoms with Gasteiger partial charge < -0.3 is 4.90 Å². The average molecular weight is 246 g/mol. The summed E-state index contributed by atoms with van der Waals surface area (Å²) in [4.78, 5) is 18.1. The van der Waals surface area contributed by atoms with E-state index in [0.717, 1.165) is 24.5 Å². The van der Waals surface area contributed by atoms with E-state index in [1.54, 1.807) is 19.2 Å². The third kappa shape index (κ3) is 2.71. The summed E-state index contributed by atoms with van der Waals surface area (Å²) in [5, 5.41) is 0. The lowest BCUT2D eigenvalue weighted by Gasteiger charge is -2.39. The minimum atomic E-state index is 0.106. The van der Waals surface area contributed by atoms with Crippen molar-refractivity contribution >= 4 is 11.6 Å². The zero-order chi connectivity index (χ0) is 13.2. The topological polar surface area (TPSA) is 33.2 Å². The second-order valence-corrected chi connectivity index (χ2v) is 5.61. The van der Waals surface area contributed by atoms with Crippen molar-refractivity contribution in [1.29, 1.82) is 0 Å². The number of anilines is 1. The molecule has 1 fully saturated rings. The van der Waals surface area contributed by atoms with E-state index < -0.39 is 0 Å². The second-order valence-electron chi connectivity index (χ2n) is 5.61. The van der Waals surface area contributed by atoms with Gasteiger partial charge in [-0.3, -0.25) is 4.79 Å². The third-order valence-corrected chi connectivity index (χ3v) is 4.30. The number of aromatic nitrogens is 1. The fourth-order valence-electron chi connectivity index (χ4n) is 2.44. The molecule has 0 aromatic carbocycles. The molecule has 1 aromatic rings. The van der Waals surface area contributed by atoms with Crippen LogP contribution in [0.5, 0.6) is 0 Å². The highest BCUT2D eigenvalue weighted by Crippen LogP contribution is 2.35. The van der Waals surface area contributed by atoms with Gasteiger partial charge in [0, 0.05) is 24.8 Å². The average Bonchev–Trinajstić information content (AvgIpc) is 2.40. The molecule has 0 bridgehead atoms. The molecule has 0 radical (unpaired) electrons. The summed E-state index contributed by atoms with van der Waals surface area (Å²) in [5.74, 6) is 1.05. The summed E-state index contributed by atoms with van der Waals surface area (Å²) in [6.07, 6.45) is 5.38. The second kappa shape index (κ2) is 5.09. The van der Waals surface area contributed by atoms with Gasteiger partial charge in [0.25, 0.3) is 0 Å². The molecule has 3 nitrogen and oxygen atoms in total. The summed E-state index contributed by atoms with van der Waals surface area (Å²) in [6, 6.07) is 3.70. The Hall–Kier alpha value is -1.38. The first-order chi connectivity index (χ1) is 8.54. The largest absolute Gasteiger partial charge is 0.357 e. The number of pyridine rings is 1. The molecule has 0 unspecified atom stereocenters. The minimum Gasteiger partial charge on any atom is -0.357 e. The van der Waals surface area contributed by atoms with E-state index >= 15 is 0 Å². The number of hydrogen-bond acceptors (Lipinski definition) is 3. The molecular formula is C15H22N2O. The monoisotopic (exact) mass is 246 g/mol. The van der Waals surface area contributed by atoms with Gasteiger partial charge in [0.15, 0.2) is 5.78 Å². The van der Waals surface area contributed by atoms with Gasteiger partial charge in [-0.25, -0.2) is 4.98 Å². The maximum atomic E-state index is 11.4. The van der Waals surface area contributed by atoms with E-state index in [4.69, 9.17) is 0 Å². The Balaban J connectivity index is 2.10. The molecule has 0 saturated carbocycles. The minimum absolute atomic E-state index is 0.106. The molecule has 1 aromatic heterocycles. The first-order valence-corrected chi connectivity index (χ1v) is 6.76. The number of hydrogen-bond donors (Lipinski definition) is 0. The molecule has 1 saturated heterocycles. The van der Waals surface area contributed by atoms with Gasteiger partial charge in [-0.1, -0.05) is 20.3 Å². The van der Waals surface area contributed by atoms with Gasteiger partial charge in [-0.2, -0.15) is 0 Å². The molecule has 0 spiro atoms. The van der Waals surface area contributed by atoms with Gasteiger partial charge >= 0.3 is 0 Å². The lowest BCUT2D eigenvalue weighted by molar-refractivity contribution is 0.101. The number of carbonyl (C=O) groups is 1. The van der Waals surface area contributed by atoms with E-state index in [-0.39, 0.29) is 5.78 Å². The Labute approximate surface area is 109 Å². The van der Waals surface area contributed by atoms with Crippen LogP contribution in [0.4, 0.5) is 5.82 Å². The fourth-order valence-corrected chi connectivity index (χ4v) is 2.44. The Bertz CT molecular complexity index is 434. The molecule has 0 atom stereocenters. The third-order valence-electron chi connectivity index (χ3n) is 4.30. The van der Waals surface area contributed by atoms with Crippen LogP contribution in [0, 0.1) is 5.41 Å². The Morgan fingerprint density at radius 2 is 2.11 bits per heavy atom. The number of rotatable bonds is 3. The lowest BCUT2D eigenvalue weighted by atomic mass is 9.78. The Morgan fingerprint density at radius 1 is 1.44 bits per heavy atom. The number of Topliss-reactive ketones (excluding diaryl/α,β-unsaturated/α-hetero) is 1. The van der Waals surface area contributed by atoms with E-state index in [0.29, 0.717) is 5.41 Å². The van der Waals surface area contributed by atoms with Crippen molar-refractivity contribution in [3.63, 3.8) is 0 Å². The van der Waals surface area contributed by atoms with Gasteiger partial charge in [-0.15, -0.1) is 0 Å². The van der Waals surface area contributed by atoms with E-state index in [2.05, 4.69) is 23.7 Å². The molecule has 0 N–H and O–H groups in total. The van der Waals surface area contributed by atoms with Gasteiger partial charge in [0.1, 0.15) is 5.82 Å². The molecule has 1 aliphatic heterocycles. The van der Waals surface area contributed by atoms with Crippen LogP contribution in [-0.4, -0.2) is 23.9 Å². The molecule has 0 aliphatic carbocycles. The molecular weight excluding hydrogens is 224 g/mol. The van der Waals surface area contributed by atoms with Gasteiger partial charge in [0.05, 0.1) is 0 Å². The van der Waals surface area contributed by atoms with Crippen molar-refractivity contribution in [2.45, 2.75) is 40.0 Å². The van der Waals surface area contributed by atoms with Crippen LogP contribution in [0.2, 0.25) is 0 Å². The van der Waals surface area contributed by atoms with Crippen LogP contribution >= 0.6 is 0 Å². The predicted octanol–water partition coefficient (Wildman–Crippen LogP) is 3.30. The lowest BCUT2D eigenvalue weighted by Crippen LogP contribution is -2.38. The molecule has 98 valence electrons. The van der Waals surface area contributed by atoms with Crippen molar-refractivity contribution < 1.29 is 4.79 Å². The summed E-state index contributed by atoms with van der Waals surface area (Å²) < 4.78 is 0. The van der Waals surface area contributed by atoms with Crippen LogP contribution < -0.4 is 4.90 Å². The van der Waals surface area contributed by atoms with Crippen molar-refractivity contribution in [3.8, 4) is 0 Å². The van der Waals surface area contributed by atoms with E-state index in [1.807, 2.05) is 6.07 Å². The van der Waals surface area contributed by atoms with Crippen LogP contribution in [0.3, 0.4) is 0 Å². The summed E-state index contributed by atoms with van der Waals surface area (Å²) in [5.41, 5.74) is 1.23. The zero-order valence-corrected chi connectivity index (χ0v) is 11.6.